The standard InChI is InChI=1S/C39H48N5O8PSi2/c1-37(2,3)54(7,8)51-32-30(24-49-55(38(4,5)6,28-20-14-10-15-21-28)29-22-16-11-17-23-29)50-36(39(32,46)52-53(47)48)44-26-42-31-33(40-25-41-34(31)44)43-35(45)27-18-12-9-13-19-27/h9-23,25-26,30,32,36,46H,24H2,1-8H3,(H-,40,41,43,45,47,48)/p+1/t30-,32-,36-,39-/m1/s1. The first-order chi connectivity index (χ1) is 25.9. The van der Waals surface area contributed by atoms with E-state index in [4.69, 9.17) is 18.1 Å². The Morgan fingerprint density at radius 3 is 1.98 bits per heavy atom. The van der Waals surface area contributed by atoms with E-state index in [0.717, 1.165) is 10.4 Å². The third-order valence-corrected chi connectivity index (χ3v) is 20.5. The number of nitrogens with one attached hydrogen (secondary N) is 1. The summed E-state index contributed by atoms with van der Waals surface area (Å²) < 4.78 is 40.6. The van der Waals surface area contributed by atoms with Gasteiger partial charge in [0, 0.05) is 10.1 Å². The first-order valence-electron chi connectivity index (χ1n) is 18.1. The Labute approximate surface area is 324 Å². The summed E-state index contributed by atoms with van der Waals surface area (Å²) in [5.41, 5.74) is 0.773. The summed E-state index contributed by atoms with van der Waals surface area (Å²) in [7, 11) is -9.28. The highest BCUT2D eigenvalue weighted by Gasteiger charge is 2.66. The third-order valence-electron chi connectivity index (χ3n) is 10.6. The van der Waals surface area contributed by atoms with Gasteiger partial charge in [0.1, 0.15) is 18.5 Å². The van der Waals surface area contributed by atoms with Crippen molar-refractivity contribution in [2.45, 2.75) is 88.9 Å². The van der Waals surface area contributed by atoms with E-state index in [1.54, 1.807) is 30.3 Å². The molecule has 5 aromatic rings. The van der Waals surface area contributed by atoms with Crippen LogP contribution in [0.5, 0.6) is 0 Å². The Bertz CT molecular complexity index is 2090. The number of imidazole rings is 1. The molecular weight excluding hydrogens is 754 g/mol. The molecular formula is C39H49N5O8PSi2+. The van der Waals surface area contributed by atoms with Gasteiger partial charge in [0.15, 0.2) is 31.5 Å². The van der Waals surface area contributed by atoms with E-state index in [1.165, 1.54) is 17.2 Å². The van der Waals surface area contributed by atoms with Gasteiger partial charge in [-0.2, -0.15) is 0 Å². The number of anilines is 1. The molecule has 13 nitrogen and oxygen atoms in total. The summed E-state index contributed by atoms with van der Waals surface area (Å²) in [4.78, 5) is 36.6. The molecule has 2 aromatic heterocycles. The van der Waals surface area contributed by atoms with Crippen molar-refractivity contribution in [1.29, 1.82) is 0 Å². The largest absolute Gasteiger partial charge is 0.698 e. The Hall–Kier alpha value is -4.03. The van der Waals surface area contributed by atoms with E-state index < -0.39 is 55.0 Å². The molecule has 0 aliphatic carbocycles. The molecule has 1 aliphatic rings. The van der Waals surface area contributed by atoms with Crippen LogP contribution in [0.3, 0.4) is 0 Å². The van der Waals surface area contributed by atoms with Crippen molar-refractivity contribution in [2.24, 2.45) is 0 Å². The number of nitrogens with zero attached hydrogens (tertiary/aromatic N) is 4. The van der Waals surface area contributed by atoms with Crippen LogP contribution in [0.15, 0.2) is 104 Å². The van der Waals surface area contributed by atoms with Gasteiger partial charge >= 0.3 is 8.25 Å². The van der Waals surface area contributed by atoms with Gasteiger partial charge in [0.05, 0.1) is 12.9 Å². The Morgan fingerprint density at radius 2 is 1.45 bits per heavy atom. The van der Waals surface area contributed by atoms with Gasteiger partial charge in [-0.3, -0.25) is 9.36 Å². The summed E-state index contributed by atoms with van der Waals surface area (Å²) in [6, 6.07) is 28.9. The maximum Gasteiger partial charge on any atom is 0.698 e. The summed E-state index contributed by atoms with van der Waals surface area (Å²) in [6.45, 7) is 16.6. The van der Waals surface area contributed by atoms with E-state index >= 15 is 0 Å². The van der Waals surface area contributed by atoms with Crippen LogP contribution in [0.1, 0.15) is 58.1 Å². The fourth-order valence-electron chi connectivity index (χ4n) is 6.86. The maximum atomic E-state index is 13.1. The molecule has 5 atom stereocenters. The van der Waals surface area contributed by atoms with Gasteiger partial charge in [0.2, 0.25) is 0 Å². The highest BCUT2D eigenvalue weighted by atomic mass is 31.1. The Balaban J connectivity index is 1.46. The number of aromatic nitrogens is 4. The zero-order chi connectivity index (χ0) is 39.8. The fraction of sp³-hybridized carbons (Fsp3) is 0.385. The van der Waals surface area contributed by atoms with Crippen LogP contribution in [-0.2, 0) is 22.7 Å². The summed E-state index contributed by atoms with van der Waals surface area (Å²) in [5, 5.41) is 16.8. The van der Waals surface area contributed by atoms with Crippen molar-refractivity contribution in [2.75, 3.05) is 11.9 Å². The maximum absolute atomic E-state index is 13.1. The van der Waals surface area contributed by atoms with Crippen LogP contribution in [0.25, 0.3) is 11.2 Å². The monoisotopic (exact) mass is 802 g/mol. The van der Waals surface area contributed by atoms with Crippen molar-refractivity contribution >= 4 is 58.2 Å². The molecule has 0 bridgehead atoms. The van der Waals surface area contributed by atoms with E-state index in [-0.39, 0.29) is 33.7 Å². The number of benzene rings is 3. The summed E-state index contributed by atoms with van der Waals surface area (Å²) in [5.74, 6) is -2.83. The number of rotatable bonds is 12. The van der Waals surface area contributed by atoms with E-state index in [1.807, 2.05) is 49.5 Å². The molecule has 0 saturated carbocycles. The highest BCUT2D eigenvalue weighted by molar-refractivity contribution is 7.32. The van der Waals surface area contributed by atoms with E-state index in [2.05, 4.69) is 86.1 Å². The SMILES string of the molecule is CC(C)(C)[Si](C)(C)O[C@@H]1[C@@H](CO[Si](c2ccccc2)(c2ccccc2)C(C)(C)C)O[C@@H](n2cnc3c(NC(=O)c4ccccc4)ncnc32)[C@]1(O)O[P+](=O)O. The van der Waals surface area contributed by atoms with Crippen molar-refractivity contribution < 1.29 is 37.5 Å². The number of hydrogen-bond acceptors (Lipinski definition) is 10. The minimum atomic E-state index is -3.39. The van der Waals surface area contributed by atoms with Gasteiger partial charge in [-0.1, -0.05) is 125 Å². The smallest absolute Gasteiger partial charge is 0.406 e. The van der Waals surface area contributed by atoms with Crippen molar-refractivity contribution in [3.8, 4) is 0 Å². The molecule has 3 N–H and O–H groups in total. The molecule has 0 radical (unpaired) electrons. The fourth-order valence-corrected chi connectivity index (χ4v) is 13.2. The van der Waals surface area contributed by atoms with Gasteiger partial charge in [-0.15, -0.1) is 4.89 Å². The van der Waals surface area contributed by atoms with Crippen LogP contribution in [0, 0.1) is 0 Å². The molecule has 6 rings (SSSR count). The lowest BCUT2D eigenvalue weighted by atomic mass is 10.1. The summed E-state index contributed by atoms with van der Waals surface area (Å²) in [6.07, 6.45) is -1.22. The van der Waals surface area contributed by atoms with Crippen LogP contribution < -0.4 is 15.7 Å². The van der Waals surface area contributed by atoms with Crippen LogP contribution in [0.2, 0.25) is 23.2 Å². The predicted octanol–water partition coefficient (Wildman–Crippen LogP) is 6.30. The lowest BCUT2D eigenvalue weighted by Gasteiger charge is -2.44. The van der Waals surface area contributed by atoms with Gasteiger partial charge < -0.3 is 24.0 Å². The molecule has 1 aliphatic heterocycles. The Kier molecular flexibility index (Phi) is 11.4. The second-order valence-corrected chi connectivity index (χ2v) is 26.0. The molecule has 1 saturated heterocycles. The number of aliphatic hydroxyl groups is 1. The normalized spacial score (nSPS) is 21.1. The van der Waals surface area contributed by atoms with Crippen molar-refractivity contribution in [1.82, 2.24) is 19.5 Å². The second-order valence-electron chi connectivity index (χ2n) is 16.2. The van der Waals surface area contributed by atoms with E-state index in [0.29, 0.717) is 5.56 Å². The third kappa shape index (κ3) is 7.86. The van der Waals surface area contributed by atoms with Crippen molar-refractivity contribution in [3.63, 3.8) is 0 Å². The zero-order valence-corrected chi connectivity index (χ0v) is 35.2. The molecule has 3 heterocycles. The molecule has 290 valence electrons. The topological polar surface area (TPSA) is 167 Å². The first-order valence-corrected chi connectivity index (χ1v) is 24.0. The Morgan fingerprint density at radius 1 is 0.891 bits per heavy atom. The molecule has 16 heteroatoms. The van der Waals surface area contributed by atoms with Gasteiger partial charge in [-0.25, -0.2) is 15.0 Å². The highest BCUT2D eigenvalue weighted by Crippen LogP contribution is 2.50. The molecule has 1 amide bonds. The summed E-state index contributed by atoms with van der Waals surface area (Å²) >= 11 is 0. The lowest BCUT2D eigenvalue weighted by molar-refractivity contribution is -0.226. The van der Waals surface area contributed by atoms with E-state index in [9.17, 15) is 19.4 Å². The van der Waals surface area contributed by atoms with Crippen LogP contribution in [0.4, 0.5) is 5.82 Å². The second kappa shape index (κ2) is 15.5. The molecule has 55 heavy (non-hydrogen) atoms. The van der Waals surface area contributed by atoms with Crippen LogP contribution in [-0.4, -0.2) is 76.7 Å². The number of amides is 1. The quantitative estimate of drug-likeness (QED) is 0.0737. The molecule has 3 aromatic carbocycles. The minimum absolute atomic E-state index is 0.0725. The minimum Gasteiger partial charge on any atom is -0.406 e. The average Bonchev–Trinajstić information content (AvgIpc) is 3.67. The molecule has 1 unspecified atom stereocenters. The van der Waals surface area contributed by atoms with Gasteiger partial charge in [-0.05, 0) is 45.7 Å². The predicted molar refractivity (Wildman–Crippen MR) is 215 cm³/mol. The number of fused-ring (bicyclic) bond motifs is 1. The number of carbonyl (C=O) groups excluding carboxylic acids is 1. The molecule has 1 fully saturated rings. The van der Waals surface area contributed by atoms with Crippen molar-refractivity contribution in [3.05, 3.63) is 109 Å². The first kappa shape index (κ1) is 40.6. The average molecular weight is 803 g/mol. The number of carbonyl (C=O) groups is 1. The number of hydrogen-bond donors (Lipinski definition) is 3. The van der Waals surface area contributed by atoms with Gasteiger partial charge in [0.25, 0.3) is 20.0 Å². The molecule has 0 spiro atoms. The number of ether oxygens (including phenoxy) is 1. The van der Waals surface area contributed by atoms with Crippen LogP contribution >= 0.6 is 8.25 Å². The zero-order valence-electron chi connectivity index (χ0n) is 32.3. The lowest BCUT2D eigenvalue weighted by Crippen LogP contribution is -2.67.